The third-order valence-electron chi connectivity index (χ3n) is 2.95. The monoisotopic (exact) mass is 341 g/mol. The zero-order valence-electron chi connectivity index (χ0n) is 11.9. The van der Waals surface area contributed by atoms with Crippen LogP contribution in [-0.4, -0.2) is 22.5 Å². The fourth-order valence-corrected chi connectivity index (χ4v) is 2.97. The van der Waals surface area contributed by atoms with Crippen molar-refractivity contribution in [2.24, 2.45) is 0 Å². The summed E-state index contributed by atoms with van der Waals surface area (Å²) in [6.07, 6.45) is -1.84. The average Bonchev–Trinajstić information content (AvgIpc) is 2.48. The lowest BCUT2D eigenvalue weighted by atomic mass is 10.1. The molecular weight excluding hydrogens is 330 g/mol. The number of nitriles is 1. The molecule has 0 aliphatic carbocycles. The van der Waals surface area contributed by atoms with E-state index in [1.54, 1.807) is 0 Å². The van der Waals surface area contributed by atoms with Gasteiger partial charge in [0.05, 0.1) is 5.56 Å². The zero-order chi connectivity index (χ0) is 17.0. The van der Waals surface area contributed by atoms with E-state index >= 15 is 0 Å². The zero-order valence-corrected chi connectivity index (χ0v) is 12.7. The Morgan fingerprint density at radius 3 is 2.43 bits per heavy atom. The van der Waals surface area contributed by atoms with Crippen LogP contribution in [0.1, 0.15) is 17.2 Å². The molecule has 1 unspecified atom stereocenters. The molecule has 1 aromatic heterocycles. The summed E-state index contributed by atoms with van der Waals surface area (Å²) in [7, 11) is 1.28. The maximum Gasteiger partial charge on any atom is 0.408 e. The Bertz CT molecular complexity index is 710. The highest BCUT2D eigenvalue weighted by molar-refractivity contribution is 7.97. The second-order valence-electron chi connectivity index (χ2n) is 4.65. The third-order valence-corrected chi connectivity index (χ3v) is 3.88. The minimum Gasteiger partial charge on any atom is -0.262 e. The smallest absolute Gasteiger partial charge is 0.262 e. The van der Waals surface area contributed by atoms with E-state index in [-0.39, 0.29) is 11.1 Å². The first-order valence-electron chi connectivity index (χ1n) is 6.39. The van der Waals surface area contributed by atoms with E-state index in [0.717, 1.165) is 40.5 Å². The molecule has 0 N–H and O–H groups in total. The van der Waals surface area contributed by atoms with Gasteiger partial charge in [0, 0.05) is 17.3 Å². The fourth-order valence-electron chi connectivity index (χ4n) is 2.00. The molecule has 120 valence electrons. The Balaban J connectivity index is 2.28. The second kappa shape index (κ2) is 6.98. The fraction of sp³-hybridized carbons (Fsp3) is 0.200. The second-order valence-corrected chi connectivity index (χ2v) is 5.88. The van der Waals surface area contributed by atoms with E-state index in [1.165, 1.54) is 25.5 Å². The van der Waals surface area contributed by atoms with Gasteiger partial charge in [-0.3, -0.25) is 4.98 Å². The third kappa shape index (κ3) is 4.43. The highest BCUT2D eigenvalue weighted by Crippen LogP contribution is 2.41. The average molecular weight is 341 g/mol. The van der Waals surface area contributed by atoms with Crippen LogP contribution in [0.2, 0.25) is 0 Å². The molecule has 0 spiro atoms. The number of hydrogen-bond acceptors (Lipinski definition) is 4. The van der Waals surface area contributed by atoms with Crippen LogP contribution in [0.15, 0.2) is 47.6 Å². The van der Waals surface area contributed by atoms with E-state index in [0.29, 0.717) is 4.90 Å². The van der Waals surface area contributed by atoms with Gasteiger partial charge in [-0.1, -0.05) is 12.1 Å². The van der Waals surface area contributed by atoms with Crippen molar-refractivity contribution in [3.63, 3.8) is 0 Å². The van der Waals surface area contributed by atoms with Crippen LogP contribution in [0.4, 0.5) is 17.6 Å². The number of hydrogen-bond donors (Lipinski definition) is 0. The van der Waals surface area contributed by atoms with Crippen molar-refractivity contribution < 1.29 is 17.6 Å². The summed E-state index contributed by atoms with van der Waals surface area (Å²) >= 11 is 0.813. The molecule has 0 aliphatic heterocycles. The van der Waals surface area contributed by atoms with Crippen LogP contribution in [-0.2, 0) is 0 Å². The molecule has 2 rings (SSSR count). The minimum absolute atomic E-state index is 0.0710. The Kier molecular flexibility index (Phi) is 5.23. The molecule has 2 aromatic rings. The van der Waals surface area contributed by atoms with Crippen molar-refractivity contribution in [2.45, 2.75) is 17.1 Å². The molecule has 0 amide bonds. The Morgan fingerprint density at radius 1 is 1.22 bits per heavy atom. The predicted molar refractivity (Wildman–Crippen MR) is 77.8 cm³/mol. The Labute approximate surface area is 134 Å². The Morgan fingerprint density at radius 2 is 1.87 bits per heavy atom. The van der Waals surface area contributed by atoms with Crippen molar-refractivity contribution in [3.05, 3.63) is 59.7 Å². The van der Waals surface area contributed by atoms with Crippen LogP contribution in [0.25, 0.3) is 0 Å². The molecule has 0 saturated carbocycles. The van der Waals surface area contributed by atoms with E-state index in [9.17, 15) is 17.6 Å². The number of halogens is 4. The van der Waals surface area contributed by atoms with Gasteiger partial charge in [0.2, 0.25) is 0 Å². The van der Waals surface area contributed by atoms with Crippen LogP contribution in [0.3, 0.4) is 0 Å². The quantitative estimate of drug-likeness (QED) is 0.613. The van der Waals surface area contributed by atoms with Gasteiger partial charge in [0.1, 0.15) is 17.9 Å². The maximum atomic E-state index is 13.4. The molecule has 0 radical (unpaired) electrons. The molecule has 0 saturated heterocycles. The highest BCUT2D eigenvalue weighted by Gasteiger charge is 2.44. The van der Waals surface area contributed by atoms with Crippen LogP contribution < -0.4 is 0 Å². The van der Waals surface area contributed by atoms with E-state index in [2.05, 4.69) is 4.98 Å². The van der Waals surface area contributed by atoms with Gasteiger partial charge < -0.3 is 0 Å². The van der Waals surface area contributed by atoms with E-state index in [1.807, 2.05) is 6.07 Å². The molecule has 23 heavy (non-hydrogen) atoms. The van der Waals surface area contributed by atoms with Gasteiger partial charge in [0.25, 0.3) is 0 Å². The molecule has 3 nitrogen and oxygen atoms in total. The van der Waals surface area contributed by atoms with Crippen molar-refractivity contribution in [1.82, 2.24) is 9.29 Å². The molecule has 0 fully saturated rings. The summed E-state index contributed by atoms with van der Waals surface area (Å²) in [6.45, 7) is 0. The largest absolute Gasteiger partial charge is 0.408 e. The normalized spacial score (nSPS) is 12.9. The molecule has 8 heteroatoms. The van der Waals surface area contributed by atoms with Gasteiger partial charge >= 0.3 is 6.18 Å². The van der Waals surface area contributed by atoms with Gasteiger partial charge in [0.15, 0.2) is 0 Å². The van der Waals surface area contributed by atoms with Crippen molar-refractivity contribution in [3.8, 4) is 6.07 Å². The molecule has 1 aromatic carbocycles. The topological polar surface area (TPSA) is 39.9 Å². The van der Waals surface area contributed by atoms with Crippen molar-refractivity contribution >= 4 is 11.9 Å². The lowest BCUT2D eigenvalue weighted by molar-refractivity contribution is -0.169. The molecular formula is C15H11F4N3S. The summed E-state index contributed by atoms with van der Waals surface area (Å²) < 4.78 is 54.1. The number of alkyl halides is 3. The standard InChI is InChI=1S/C15H11F4N3S/c1-22(23-13-6-10(7-20)8-21-9-13)14(15(17,18)19)11-2-4-12(16)5-3-11/h2-6,8-9,14H,1H3. The molecule has 1 atom stereocenters. The summed E-state index contributed by atoms with van der Waals surface area (Å²) in [6, 6.07) is 5.60. The van der Waals surface area contributed by atoms with Gasteiger partial charge in [-0.05, 0) is 42.8 Å². The predicted octanol–water partition coefficient (Wildman–Crippen LogP) is 4.33. The lowest BCUT2D eigenvalue weighted by Crippen LogP contribution is -2.31. The van der Waals surface area contributed by atoms with E-state index < -0.39 is 18.0 Å². The number of rotatable bonds is 4. The highest BCUT2D eigenvalue weighted by atomic mass is 32.2. The van der Waals surface area contributed by atoms with Gasteiger partial charge in [-0.2, -0.15) is 18.4 Å². The van der Waals surface area contributed by atoms with Crippen LogP contribution >= 0.6 is 11.9 Å². The first-order valence-corrected chi connectivity index (χ1v) is 7.16. The summed E-state index contributed by atoms with van der Waals surface area (Å²) in [4.78, 5) is 4.22. The van der Waals surface area contributed by atoms with E-state index in [4.69, 9.17) is 5.26 Å². The Hall–Kier alpha value is -2.11. The van der Waals surface area contributed by atoms with Crippen molar-refractivity contribution in [2.75, 3.05) is 7.05 Å². The maximum absolute atomic E-state index is 13.4. The molecule has 1 heterocycles. The SMILES string of the molecule is CN(Sc1cncc(C#N)c1)C(c1ccc(F)cc1)C(F)(F)F. The van der Waals surface area contributed by atoms with Crippen LogP contribution in [0.5, 0.6) is 0 Å². The molecule has 0 bridgehead atoms. The number of aromatic nitrogens is 1. The lowest BCUT2D eigenvalue weighted by Gasteiger charge is -2.29. The minimum atomic E-state index is -4.54. The molecule has 0 aliphatic rings. The summed E-state index contributed by atoms with van der Waals surface area (Å²) in [5.41, 5.74) is 0.187. The van der Waals surface area contributed by atoms with Crippen molar-refractivity contribution in [1.29, 1.82) is 5.26 Å². The number of pyridine rings is 1. The van der Waals surface area contributed by atoms with Crippen LogP contribution in [0, 0.1) is 17.1 Å². The first-order chi connectivity index (χ1) is 10.8. The number of benzene rings is 1. The van der Waals surface area contributed by atoms with Gasteiger partial charge in [-0.15, -0.1) is 0 Å². The summed E-state index contributed by atoms with van der Waals surface area (Å²) in [5, 5.41) is 8.81. The van der Waals surface area contributed by atoms with Gasteiger partial charge in [-0.25, -0.2) is 8.70 Å². The summed E-state index contributed by atoms with van der Waals surface area (Å²) in [5.74, 6) is -0.601. The number of nitrogens with zero attached hydrogens (tertiary/aromatic N) is 3. The first kappa shape index (κ1) is 17.2.